The van der Waals surface area contributed by atoms with Crippen LogP contribution in [-0.2, 0) is 11.3 Å². The van der Waals surface area contributed by atoms with Crippen LogP contribution in [0.15, 0.2) is 60.0 Å². The number of halogens is 1. The first-order chi connectivity index (χ1) is 11.7. The highest BCUT2D eigenvalue weighted by Crippen LogP contribution is 2.24. The summed E-state index contributed by atoms with van der Waals surface area (Å²) in [4.78, 5) is 16.3. The van der Waals surface area contributed by atoms with Crippen LogP contribution in [0.5, 0.6) is 0 Å². The summed E-state index contributed by atoms with van der Waals surface area (Å²) in [5.74, 6) is -0.432. The van der Waals surface area contributed by atoms with Crippen molar-refractivity contribution in [3.63, 3.8) is 0 Å². The van der Waals surface area contributed by atoms with E-state index in [1.165, 1.54) is 23.5 Å². The van der Waals surface area contributed by atoms with Gasteiger partial charge in [-0.15, -0.1) is 11.3 Å². The molecule has 4 nitrogen and oxygen atoms in total. The fraction of sp³-hybridized carbons (Fsp3) is 0.111. The van der Waals surface area contributed by atoms with Gasteiger partial charge in [0, 0.05) is 17.5 Å². The molecule has 122 valence electrons. The highest BCUT2D eigenvalue weighted by atomic mass is 32.1. The molecule has 3 rings (SSSR count). The number of nitrogens with one attached hydrogen (secondary N) is 2. The maximum absolute atomic E-state index is 12.9. The van der Waals surface area contributed by atoms with E-state index in [1.54, 1.807) is 12.1 Å². The van der Waals surface area contributed by atoms with Crippen molar-refractivity contribution in [2.24, 2.45) is 0 Å². The van der Waals surface area contributed by atoms with Gasteiger partial charge in [-0.05, 0) is 29.8 Å². The number of benzene rings is 2. The molecule has 0 bridgehead atoms. The van der Waals surface area contributed by atoms with Crippen LogP contribution in [0.1, 0.15) is 5.56 Å². The van der Waals surface area contributed by atoms with Gasteiger partial charge in [0.05, 0.1) is 12.2 Å². The summed E-state index contributed by atoms with van der Waals surface area (Å²) < 4.78 is 12.9. The summed E-state index contributed by atoms with van der Waals surface area (Å²) in [5.41, 5.74) is 2.65. The molecule has 24 heavy (non-hydrogen) atoms. The molecule has 0 aliphatic carbocycles. The van der Waals surface area contributed by atoms with E-state index in [0.717, 1.165) is 11.1 Å². The Labute approximate surface area is 143 Å². The van der Waals surface area contributed by atoms with Crippen molar-refractivity contribution in [2.45, 2.75) is 6.54 Å². The summed E-state index contributed by atoms with van der Waals surface area (Å²) in [6.45, 7) is 0.841. The van der Waals surface area contributed by atoms with Crippen LogP contribution in [0.25, 0.3) is 11.3 Å². The van der Waals surface area contributed by atoms with Crippen LogP contribution in [-0.4, -0.2) is 17.4 Å². The Morgan fingerprint density at radius 2 is 1.83 bits per heavy atom. The highest BCUT2D eigenvalue weighted by Gasteiger charge is 2.08. The molecule has 0 fully saturated rings. The number of thiazole rings is 1. The Morgan fingerprint density at radius 1 is 1.08 bits per heavy atom. The molecule has 1 amide bonds. The molecule has 0 aliphatic heterocycles. The minimum atomic E-state index is -0.285. The second kappa shape index (κ2) is 7.81. The lowest BCUT2D eigenvalue weighted by Gasteiger charge is -2.04. The molecular weight excluding hydrogens is 325 g/mol. The van der Waals surface area contributed by atoms with Gasteiger partial charge in [-0.1, -0.05) is 30.3 Å². The van der Waals surface area contributed by atoms with Gasteiger partial charge in [0.2, 0.25) is 5.91 Å². The molecule has 1 heterocycles. The Morgan fingerprint density at radius 3 is 2.58 bits per heavy atom. The van der Waals surface area contributed by atoms with Gasteiger partial charge in [-0.3, -0.25) is 4.79 Å². The van der Waals surface area contributed by atoms with E-state index in [2.05, 4.69) is 15.6 Å². The predicted molar refractivity (Wildman–Crippen MR) is 94.3 cm³/mol. The maximum atomic E-state index is 12.9. The molecule has 0 aliphatic rings. The average molecular weight is 341 g/mol. The van der Waals surface area contributed by atoms with Gasteiger partial charge in [-0.2, -0.15) is 0 Å². The number of anilines is 1. The third-order valence-corrected chi connectivity index (χ3v) is 4.11. The number of amides is 1. The second-order valence-corrected chi connectivity index (χ2v) is 6.04. The molecule has 0 unspecified atom stereocenters. The minimum Gasteiger partial charge on any atom is -0.304 e. The average Bonchev–Trinajstić information content (AvgIpc) is 3.05. The first-order valence-corrected chi connectivity index (χ1v) is 8.34. The van der Waals surface area contributed by atoms with E-state index in [0.29, 0.717) is 17.4 Å². The van der Waals surface area contributed by atoms with Gasteiger partial charge in [0.1, 0.15) is 5.82 Å². The number of hydrogen-bond donors (Lipinski definition) is 2. The van der Waals surface area contributed by atoms with Crippen LogP contribution in [0.4, 0.5) is 9.52 Å². The Balaban J connectivity index is 1.51. The summed E-state index contributed by atoms with van der Waals surface area (Å²) in [6, 6.07) is 16.0. The maximum Gasteiger partial charge on any atom is 0.240 e. The largest absolute Gasteiger partial charge is 0.304 e. The van der Waals surface area contributed by atoms with Gasteiger partial charge >= 0.3 is 0 Å². The van der Waals surface area contributed by atoms with E-state index >= 15 is 0 Å². The normalized spacial score (nSPS) is 10.5. The summed E-state index contributed by atoms with van der Waals surface area (Å²) in [5, 5.41) is 8.21. The highest BCUT2D eigenvalue weighted by molar-refractivity contribution is 7.14. The molecule has 2 N–H and O–H groups in total. The van der Waals surface area contributed by atoms with E-state index < -0.39 is 0 Å². The number of aromatic nitrogens is 1. The molecule has 2 aromatic carbocycles. The van der Waals surface area contributed by atoms with Gasteiger partial charge in [0.15, 0.2) is 5.13 Å². The second-order valence-electron chi connectivity index (χ2n) is 5.18. The first-order valence-electron chi connectivity index (χ1n) is 7.47. The number of carbonyl (C=O) groups excluding carboxylic acids is 1. The zero-order valence-electron chi connectivity index (χ0n) is 12.8. The smallest absolute Gasteiger partial charge is 0.240 e. The van der Waals surface area contributed by atoms with Crippen molar-refractivity contribution in [3.8, 4) is 11.3 Å². The van der Waals surface area contributed by atoms with Crippen LogP contribution in [0, 0.1) is 5.82 Å². The molecule has 0 atom stereocenters. The Hall–Kier alpha value is -2.57. The van der Waals surface area contributed by atoms with Crippen LogP contribution < -0.4 is 10.6 Å². The van der Waals surface area contributed by atoms with E-state index in [4.69, 9.17) is 0 Å². The first kappa shape index (κ1) is 16.3. The lowest BCUT2D eigenvalue weighted by Crippen LogP contribution is -2.27. The third kappa shape index (κ3) is 4.47. The van der Waals surface area contributed by atoms with Crippen LogP contribution >= 0.6 is 11.3 Å². The van der Waals surface area contributed by atoms with E-state index in [9.17, 15) is 9.18 Å². The molecule has 3 aromatic rings. The van der Waals surface area contributed by atoms with Crippen molar-refractivity contribution < 1.29 is 9.18 Å². The molecule has 0 saturated carbocycles. The number of nitrogens with zero attached hydrogens (tertiary/aromatic N) is 1. The quantitative estimate of drug-likeness (QED) is 0.719. The summed E-state index contributed by atoms with van der Waals surface area (Å²) >= 11 is 1.34. The Kier molecular flexibility index (Phi) is 5.30. The predicted octanol–water partition coefficient (Wildman–Crippen LogP) is 3.68. The van der Waals surface area contributed by atoms with Crippen molar-refractivity contribution in [3.05, 3.63) is 71.4 Å². The van der Waals surface area contributed by atoms with Gasteiger partial charge < -0.3 is 10.6 Å². The summed E-state index contributed by atoms with van der Waals surface area (Å²) in [6.07, 6.45) is 0. The van der Waals surface area contributed by atoms with Crippen LogP contribution in [0.3, 0.4) is 0 Å². The molecule has 0 spiro atoms. The lowest BCUT2D eigenvalue weighted by molar-refractivity contribution is -0.115. The molecular formula is C18H16FN3OS. The minimum absolute atomic E-state index is 0.147. The topological polar surface area (TPSA) is 54.0 Å². The standard InChI is InChI=1S/C18H16FN3OS/c19-15-8-6-14(7-9-15)16-12-24-18(21-16)22-17(23)11-20-10-13-4-2-1-3-5-13/h1-9,12,20H,10-11H2,(H,21,22,23). The molecule has 6 heteroatoms. The van der Waals surface area contributed by atoms with Gasteiger partial charge in [0.25, 0.3) is 0 Å². The molecule has 1 aromatic heterocycles. The summed E-state index contributed by atoms with van der Waals surface area (Å²) in [7, 11) is 0. The van der Waals surface area contributed by atoms with Gasteiger partial charge in [-0.25, -0.2) is 9.37 Å². The lowest BCUT2D eigenvalue weighted by atomic mass is 10.2. The van der Waals surface area contributed by atoms with E-state index in [1.807, 2.05) is 35.7 Å². The zero-order valence-corrected chi connectivity index (χ0v) is 13.6. The molecule has 0 saturated heterocycles. The Bertz CT molecular complexity index is 803. The van der Waals surface area contributed by atoms with Crippen molar-refractivity contribution in [1.29, 1.82) is 0 Å². The zero-order chi connectivity index (χ0) is 16.8. The fourth-order valence-corrected chi connectivity index (χ4v) is 2.90. The number of hydrogen-bond acceptors (Lipinski definition) is 4. The number of carbonyl (C=O) groups is 1. The third-order valence-electron chi connectivity index (χ3n) is 3.35. The van der Waals surface area contributed by atoms with Crippen molar-refractivity contribution >= 4 is 22.4 Å². The van der Waals surface area contributed by atoms with E-state index in [-0.39, 0.29) is 18.3 Å². The van der Waals surface area contributed by atoms with Crippen molar-refractivity contribution in [2.75, 3.05) is 11.9 Å². The molecule has 0 radical (unpaired) electrons. The fourth-order valence-electron chi connectivity index (χ4n) is 2.16. The SMILES string of the molecule is O=C(CNCc1ccccc1)Nc1nc(-c2ccc(F)cc2)cs1. The number of rotatable bonds is 6. The van der Waals surface area contributed by atoms with Crippen molar-refractivity contribution in [1.82, 2.24) is 10.3 Å². The monoisotopic (exact) mass is 341 g/mol. The van der Waals surface area contributed by atoms with Crippen LogP contribution in [0.2, 0.25) is 0 Å².